The van der Waals surface area contributed by atoms with Gasteiger partial charge in [0.1, 0.15) is 17.6 Å². The van der Waals surface area contributed by atoms with Crippen LogP contribution in [0.4, 0.5) is 0 Å². The number of carbonyl (C=O) groups excluding carboxylic acids is 1. The van der Waals surface area contributed by atoms with Crippen molar-refractivity contribution in [3.8, 4) is 11.5 Å². The fourth-order valence-corrected chi connectivity index (χ4v) is 2.46. The van der Waals surface area contributed by atoms with E-state index in [-0.39, 0.29) is 17.0 Å². The van der Waals surface area contributed by atoms with Gasteiger partial charge in [0, 0.05) is 23.1 Å². The molecule has 0 aliphatic rings. The monoisotopic (exact) mass is 426 g/mol. The number of hydrogen-bond acceptors (Lipinski definition) is 3. The summed E-state index contributed by atoms with van der Waals surface area (Å²) in [6.07, 6.45) is -1.80. The molecule has 24 heavy (non-hydrogen) atoms. The van der Waals surface area contributed by atoms with Crippen LogP contribution < -0.4 is 4.74 Å². The van der Waals surface area contributed by atoms with E-state index < -0.39 is 15.7 Å². The summed E-state index contributed by atoms with van der Waals surface area (Å²) in [6, 6.07) is 11.3. The number of halogens is 5. The van der Waals surface area contributed by atoms with Crippen LogP contribution in [0.2, 0.25) is 10.0 Å². The molecule has 0 saturated heterocycles. The van der Waals surface area contributed by atoms with E-state index in [9.17, 15) is 9.90 Å². The van der Waals surface area contributed by atoms with Gasteiger partial charge in [0.25, 0.3) is 0 Å². The molecule has 0 unspecified atom stereocenters. The van der Waals surface area contributed by atoms with Gasteiger partial charge in [-0.05, 0) is 36.4 Å². The predicted octanol–water partition coefficient (Wildman–Crippen LogP) is 6.09. The molecule has 128 valence electrons. The third-order valence-corrected chi connectivity index (χ3v) is 4.37. The molecule has 1 atom stereocenters. The van der Waals surface area contributed by atoms with Gasteiger partial charge in [0.2, 0.25) is 3.79 Å². The molecule has 2 rings (SSSR count). The molecule has 0 radical (unpaired) electrons. The molecule has 0 spiro atoms. The Morgan fingerprint density at radius 3 is 2.17 bits per heavy atom. The second kappa shape index (κ2) is 8.13. The molecule has 0 aliphatic heterocycles. The lowest BCUT2D eigenvalue weighted by Crippen LogP contribution is -2.28. The number of alkyl halides is 3. The summed E-state index contributed by atoms with van der Waals surface area (Å²) in [4.78, 5) is 12.2. The minimum atomic E-state index is -1.94. The molecule has 0 bridgehead atoms. The van der Waals surface area contributed by atoms with Crippen molar-refractivity contribution in [2.24, 2.45) is 0 Å². The second-order valence-electron chi connectivity index (χ2n) is 4.88. The molecular weight excluding hydrogens is 417 g/mol. The fraction of sp³-hybridized carbons (Fsp3) is 0.188. The molecule has 0 heterocycles. The number of hydrogen-bond donors (Lipinski definition) is 1. The number of Topliss-reactive ketones (excluding diaryl/α,β-unsaturated/α-hetero) is 1. The smallest absolute Gasteiger partial charge is 0.216 e. The highest BCUT2D eigenvalue weighted by atomic mass is 35.6. The number of ketones is 1. The first-order valence-electron chi connectivity index (χ1n) is 6.68. The number of benzene rings is 2. The van der Waals surface area contributed by atoms with Crippen LogP contribution in [0.15, 0.2) is 42.5 Å². The van der Waals surface area contributed by atoms with Crippen LogP contribution in [0.25, 0.3) is 0 Å². The highest BCUT2D eigenvalue weighted by Gasteiger charge is 2.33. The number of carbonyl (C=O) groups is 1. The lowest BCUT2D eigenvalue weighted by Gasteiger charge is -2.18. The number of aliphatic hydroxyl groups is 1. The first-order chi connectivity index (χ1) is 11.2. The Balaban J connectivity index is 2.11. The summed E-state index contributed by atoms with van der Waals surface area (Å²) in [6.45, 7) is 0. The first kappa shape index (κ1) is 19.6. The summed E-state index contributed by atoms with van der Waals surface area (Å²) in [5, 5.41) is 10.4. The van der Waals surface area contributed by atoms with E-state index in [1.165, 1.54) is 12.1 Å². The molecule has 2 aromatic carbocycles. The zero-order valence-electron chi connectivity index (χ0n) is 12.0. The quantitative estimate of drug-likeness (QED) is 0.463. The Hall–Kier alpha value is -0.680. The Bertz CT molecular complexity index is 725. The van der Waals surface area contributed by atoms with Gasteiger partial charge in [0.15, 0.2) is 5.78 Å². The van der Waals surface area contributed by atoms with Crippen molar-refractivity contribution in [3.05, 3.63) is 58.1 Å². The van der Waals surface area contributed by atoms with E-state index in [4.69, 9.17) is 62.7 Å². The number of ether oxygens (including phenoxy) is 1. The van der Waals surface area contributed by atoms with Crippen molar-refractivity contribution in [1.29, 1.82) is 0 Å². The van der Waals surface area contributed by atoms with Crippen molar-refractivity contribution < 1.29 is 14.6 Å². The third kappa shape index (κ3) is 5.41. The van der Waals surface area contributed by atoms with E-state index >= 15 is 0 Å². The standard InChI is InChI=1S/C16H11Cl5O3/c17-9-1-3-10(4-2-9)24-11-5-6-12(13(18)7-11)14(22)8-15(23)16(19,20)21/h1-7,15,23H,8H2/t15-/m1/s1. The van der Waals surface area contributed by atoms with Crippen molar-refractivity contribution in [1.82, 2.24) is 0 Å². The molecular formula is C16H11Cl5O3. The fourth-order valence-electron chi connectivity index (χ4n) is 1.83. The molecule has 0 amide bonds. The van der Waals surface area contributed by atoms with Crippen molar-refractivity contribution >= 4 is 63.8 Å². The van der Waals surface area contributed by atoms with Crippen LogP contribution in [-0.2, 0) is 0 Å². The van der Waals surface area contributed by atoms with Crippen LogP contribution >= 0.6 is 58.0 Å². The second-order valence-corrected chi connectivity index (χ2v) is 8.09. The Morgan fingerprint density at radius 2 is 1.62 bits per heavy atom. The van der Waals surface area contributed by atoms with Crippen molar-refractivity contribution in [2.45, 2.75) is 16.3 Å². The van der Waals surface area contributed by atoms with Gasteiger partial charge in [-0.2, -0.15) is 0 Å². The van der Waals surface area contributed by atoms with Gasteiger partial charge < -0.3 is 9.84 Å². The van der Waals surface area contributed by atoms with Gasteiger partial charge in [-0.1, -0.05) is 58.0 Å². The summed E-state index contributed by atoms with van der Waals surface area (Å²) < 4.78 is 3.67. The van der Waals surface area contributed by atoms with Gasteiger partial charge in [-0.15, -0.1) is 0 Å². The van der Waals surface area contributed by atoms with Crippen LogP contribution in [0.1, 0.15) is 16.8 Å². The Morgan fingerprint density at radius 1 is 1.04 bits per heavy atom. The van der Waals surface area contributed by atoms with Crippen molar-refractivity contribution in [3.63, 3.8) is 0 Å². The molecule has 1 N–H and O–H groups in total. The highest BCUT2D eigenvalue weighted by molar-refractivity contribution is 6.68. The van der Waals surface area contributed by atoms with Gasteiger partial charge >= 0.3 is 0 Å². The van der Waals surface area contributed by atoms with Gasteiger partial charge in [-0.3, -0.25) is 4.79 Å². The maximum Gasteiger partial charge on any atom is 0.216 e. The first-order valence-corrected chi connectivity index (χ1v) is 8.57. The molecule has 0 aromatic heterocycles. The third-order valence-electron chi connectivity index (χ3n) is 3.05. The molecule has 0 aliphatic carbocycles. The summed E-state index contributed by atoms with van der Waals surface area (Å²) >= 11 is 28.6. The van der Waals surface area contributed by atoms with E-state index in [1.807, 2.05) is 0 Å². The average Bonchev–Trinajstić information content (AvgIpc) is 2.48. The van der Waals surface area contributed by atoms with E-state index in [0.29, 0.717) is 16.5 Å². The van der Waals surface area contributed by atoms with Crippen LogP contribution in [0, 0.1) is 0 Å². The summed E-state index contributed by atoms with van der Waals surface area (Å²) in [5.74, 6) is 0.568. The molecule has 3 nitrogen and oxygen atoms in total. The van der Waals surface area contributed by atoms with Crippen molar-refractivity contribution in [2.75, 3.05) is 0 Å². The minimum Gasteiger partial charge on any atom is -0.457 e. The van der Waals surface area contributed by atoms with Gasteiger partial charge in [-0.25, -0.2) is 0 Å². The van der Waals surface area contributed by atoms with Crippen LogP contribution in [0.3, 0.4) is 0 Å². The lowest BCUT2D eigenvalue weighted by atomic mass is 10.1. The van der Waals surface area contributed by atoms with Gasteiger partial charge in [0.05, 0.1) is 5.02 Å². The number of aliphatic hydroxyl groups excluding tert-OH is 1. The Labute approximate surface area is 164 Å². The van der Waals surface area contributed by atoms with Crippen LogP contribution in [-0.4, -0.2) is 20.8 Å². The maximum absolute atomic E-state index is 12.2. The lowest BCUT2D eigenvalue weighted by molar-refractivity contribution is 0.0885. The molecule has 0 fully saturated rings. The molecule has 2 aromatic rings. The highest BCUT2D eigenvalue weighted by Crippen LogP contribution is 2.34. The maximum atomic E-state index is 12.2. The molecule has 8 heteroatoms. The minimum absolute atomic E-state index is 0.169. The number of rotatable bonds is 5. The predicted molar refractivity (Wildman–Crippen MR) is 98.2 cm³/mol. The average molecular weight is 429 g/mol. The van der Waals surface area contributed by atoms with E-state index in [0.717, 1.165) is 0 Å². The summed E-state index contributed by atoms with van der Waals surface area (Å²) in [7, 11) is 0. The van der Waals surface area contributed by atoms with E-state index in [1.54, 1.807) is 30.3 Å². The zero-order valence-corrected chi connectivity index (χ0v) is 15.8. The zero-order chi connectivity index (χ0) is 17.9. The van der Waals surface area contributed by atoms with E-state index in [2.05, 4.69) is 0 Å². The van der Waals surface area contributed by atoms with Crippen LogP contribution in [0.5, 0.6) is 11.5 Å². The topological polar surface area (TPSA) is 46.5 Å². The molecule has 0 saturated carbocycles. The normalized spacial score (nSPS) is 12.8. The Kier molecular flexibility index (Phi) is 6.66. The summed E-state index contributed by atoms with van der Waals surface area (Å²) in [5.41, 5.74) is 0.202. The SMILES string of the molecule is O=C(C[C@@H](O)C(Cl)(Cl)Cl)c1ccc(Oc2ccc(Cl)cc2)cc1Cl. The largest absolute Gasteiger partial charge is 0.457 e.